The smallest absolute Gasteiger partial charge is 0.317 e. The molecule has 5 amide bonds. The van der Waals surface area contributed by atoms with Crippen molar-refractivity contribution in [2.75, 3.05) is 78.5 Å². The second-order valence-electron chi connectivity index (χ2n) is 16.6. The highest BCUT2D eigenvalue weighted by molar-refractivity contribution is 6.05. The number of aryl methyl sites for hydroxylation is 1. The van der Waals surface area contributed by atoms with Gasteiger partial charge in [-0.25, -0.2) is 4.79 Å². The second-order valence-corrected chi connectivity index (χ2v) is 16.6. The molecule has 1 aromatic heterocycles. The Labute approximate surface area is 345 Å². The largest absolute Gasteiger partial charge is 0.496 e. The summed E-state index contributed by atoms with van der Waals surface area (Å²) in [4.78, 5) is 73.7. The lowest BCUT2D eigenvalue weighted by Crippen LogP contribution is -2.52. The molecule has 8 rings (SSSR count). The molecule has 2 N–H and O–H groups in total. The summed E-state index contributed by atoms with van der Waals surface area (Å²) >= 11 is 0. The molecule has 0 radical (unpaired) electrons. The van der Waals surface area contributed by atoms with E-state index >= 15 is 0 Å². The van der Waals surface area contributed by atoms with Crippen molar-refractivity contribution in [3.63, 3.8) is 0 Å². The topological polar surface area (TPSA) is 149 Å². The van der Waals surface area contributed by atoms with Gasteiger partial charge in [-0.15, -0.1) is 0 Å². The van der Waals surface area contributed by atoms with Crippen molar-refractivity contribution in [2.45, 2.75) is 64.2 Å². The van der Waals surface area contributed by atoms with E-state index in [0.717, 1.165) is 110 Å². The summed E-state index contributed by atoms with van der Waals surface area (Å²) in [6.45, 7) is 8.72. The third-order valence-electron chi connectivity index (χ3n) is 13.2. The predicted octanol–water partition coefficient (Wildman–Crippen LogP) is 2.95. The molecule has 5 aliphatic heterocycles. The number of aromatic nitrogens is 1. The van der Waals surface area contributed by atoms with Crippen molar-refractivity contribution in [1.29, 1.82) is 0 Å². The fraction of sp³-hybridized carbons (Fsp3) is 0.523. The maximum Gasteiger partial charge on any atom is 0.317 e. The molecule has 3 aromatic rings. The molecule has 15 nitrogen and oxygen atoms in total. The van der Waals surface area contributed by atoms with Gasteiger partial charge in [-0.2, -0.15) is 0 Å². The zero-order chi connectivity index (χ0) is 41.4. The number of urea groups is 1. The average molecular weight is 809 g/mol. The van der Waals surface area contributed by atoms with Crippen LogP contribution in [0.25, 0.3) is 11.1 Å². The lowest BCUT2D eigenvalue weighted by atomic mass is 9.91. The van der Waals surface area contributed by atoms with Gasteiger partial charge >= 0.3 is 6.03 Å². The Hall–Kier alpha value is -5.41. The minimum Gasteiger partial charge on any atom is -0.496 e. The maximum absolute atomic E-state index is 13.4. The molecule has 1 unspecified atom stereocenters. The van der Waals surface area contributed by atoms with E-state index in [1.54, 1.807) is 42.7 Å². The number of pyridine rings is 1. The molecule has 314 valence electrons. The van der Waals surface area contributed by atoms with Crippen LogP contribution >= 0.6 is 0 Å². The summed E-state index contributed by atoms with van der Waals surface area (Å²) in [5.74, 6) is 1.39. The van der Waals surface area contributed by atoms with E-state index < -0.39 is 6.04 Å². The molecule has 59 heavy (non-hydrogen) atoms. The van der Waals surface area contributed by atoms with Gasteiger partial charge in [-0.1, -0.05) is 6.07 Å². The van der Waals surface area contributed by atoms with Crippen LogP contribution in [-0.2, 0) is 42.7 Å². The monoisotopic (exact) mass is 808 g/mol. The Morgan fingerprint density at radius 2 is 1.56 bits per heavy atom. The molecule has 0 saturated carbocycles. The van der Waals surface area contributed by atoms with Crippen molar-refractivity contribution in [2.24, 2.45) is 13.0 Å². The summed E-state index contributed by atoms with van der Waals surface area (Å²) < 4.78 is 13.6. The summed E-state index contributed by atoms with van der Waals surface area (Å²) in [6.07, 6.45) is 6.53. The Balaban J connectivity index is 0.832. The van der Waals surface area contributed by atoms with Crippen LogP contribution in [0.4, 0.5) is 10.5 Å². The number of hydrogen-bond donors (Lipinski definition) is 2. The van der Waals surface area contributed by atoms with Crippen LogP contribution in [0, 0.1) is 5.92 Å². The number of carbonyl (C=O) groups excluding carboxylic acids is 4. The first-order valence-electron chi connectivity index (χ1n) is 21.0. The molecule has 0 spiro atoms. The van der Waals surface area contributed by atoms with Crippen LogP contribution in [0.3, 0.4) is 0 Å². The third kappa shape index (κ3) is 8.14. The molecule has 1 atom stereocenters. The number of piperazine rings is 1. The van der Waals surface area contributed by atoms with E-state index in [1.165, 1.54) is 6.42 Å². The lowest BCUT2D eigenvalue weighted by molar-refractivity contribution is -0.136. The van der Waals surface area contributed by atoms with Gasteiger partial charge in [0.15, 0.2) is 0 Å². The van der Waals surface area contributed by atoms with E-state index in [2.05, 4.69) is 43.5 Å². The molecule has 5 aliphatic rings. The third-order valence-corrected chi connectivity index (χ3v) is 13.2. The highest BCUT2D eigenvalue weighted by atomic mass is 16.5. The Morgan fingerprint density at radius 1 is 0.831 bits per heavy atom. The normalized spacial score (nSPS) is 20.4. The number of hydrogen-bond acceptors (Lipinski definition) is 10. The van der Waals surface area contributed by atoms with Crippen molar-refractivity contribution in [1.82, 2.24) is 34.8 Å². The molecule has 3 saturated heterocycles. The van der Waals surface area contributed by atoms with E-state index in [-0.39, 0.29) is 42.3 Å². The van der Waals surface area contributed by atoms with Gasteiger partial charge in [-0.3, -0.25) is 34.3 Å². The average Bonchev–Trinajstić information content (AvgIpc) is 3.59. The molecule has 0 aliphatic carbocycles. The van der Waals surface area contributed by atoms with Crippen molar-refractivity contribution in [3.05, 3.63) is 74.7 Å². The number of anilines is 1. The van der Waals surface area contributed by atoms with Crippen LogP contribution in [-0.4, -0.2) is 128 Å². The number of rotatable bonds is 10. The van der Waals surface area contributed by atoms with Gasteiger partial charge in [0.25, 0.3) is 11.5 Å². The van der Waals surface area contributed by atoms with Gasteiger partial charge in [-0.05, 0) is 98.6 Å². The number of carbonyl (C=O) groups is 4. The standard InChI is InChI=1S/C44H56N8O7/c1-45-44(57)51-16-12-32-34(25-47(2)42(55)35(32)27-51)30-21-38(58-3)36(39(22-30)59-4)26-49-14-10-28(11-15-49)9-13-48-17-19-50(20-18-48)31-6-5-29-24-52(43(56)33(29)23-31)37-7-8-40(53)46-41(37)54/h5-6,21-23,25,28,37H,7-20,24,26-27H2,1-4H3,(H,45,57)(H,46,53,54). The SMILES string of the molecule is CNC(=O)N1CCc2c(-c3cc(OC)c(CN4CCC(CCN5CCN(c6ccc7c(c6)C(=O)N(C6CCC(=O)NC6=O)C7)CC5)CC4)c(OC)c3)cn(C)c(=O)c2C1. The molecule has 6 heterocycles. The zero-order valence-electron chi connectivity index (χ0n) is 34.7. The Morgan fingerprint density at radius 3 is 2.24 bits per heavy atom. The number of ether oxygens (including phenoxy) is 2. The highest BCUT2D eigenvalue weighted by Gasteiger charge is 2.39. The molecule has 3 fully saturated rings. The predicted molar refractivity (Wildman–Crippen MR) is 223 cm³/mol. The molecular weight excluding hydrogens is 753 g/mol. The summed E-state index contributed by atoms with van der Waals surface area (Å²) in [5, 5.41) is 5.05. The molecular formula is C44H56N8O7. The number of nitrogens with one attached hydrogen (secondary N) is 2. The Kier molecular flexibility index (Phi) is 11.7. The van der Waals surface area contributed by atoms with Crippen molar-refractivity contribution >= 4 is 29.4 Å². The van der Waals surface area contributed by atoms with E-state index in [0.29, 0.717) is 43.0 Å². The Bertz CT molecular complexity index is 2160. The first kappa shape index (κ1) is 40.4. The molecule has 0 bridgehead atoms. The first-order valence-corrected chi connectivity index (χ1v) is 21.0. The van der Waals surface area contributed by atoms with Crippen LogP contribution in [0.1, 0.15) is 64.7 Å². The number of nitrogens with zero attached hydrogens (tertiary/aromatic N) is 6. The fourth-order valence-electron chi connectivity index (χ4n) is 9.67. The number of fused-ring (bicyclic) bond motifs is 2. The van der Waals surface area contributed by atoms with Gasteiger partial charge in [0.1, 0.15) is 17.5 Å². The van der Waals surface area contributed by atoms with Crippen molar-refractivity contribution < 1.29 is 28.7 Å². The number of benzene rings is 2. The van der Waals surface area contributed by atoms with Crippen LogP contribution in [0.15, 0.2) is 41.3 Å². The van der Waals surface area contributed by atoms with Gasteiger partial charge in [0.2, 0.25) is 11.8 Å². The number of amides is 5. The zero-order valence-corrected chi connectivity index (χ0v) is 34.7. The van der Waals surface area contributed by atoms with E-state index in [4.69, 9.17) is 9.47 Å². The van der Waals surface area contributed by atoms with Gasteiger partial charge in [0.05, 0.1) is 26.3 Å². The van der Waals surface area contributed by atoms with E-state index in [1.807, 2.05) is 18.3 Å². The highest BCUT2D eigenvalue weighted by Crippen LogP contribution is 2.39. The number of imide groups is 1. The van der Waals surface area contributed by atoms with Crippen LogP contribution < -0.4 is 30.6 Å². The van der Waals surface area contributed by atoms with Gasteiger partial charge in [0, 0.05) is 94.9 Å². The quantitative estimate of drug-likeness (QED) is 0.293. The fourth-order valence-corrected chi connectivity index (χ4v) is 9.67. The second kappa shape index (κ2) is 17.1. The summed E-state index contributed by atoms with van der Waals surface area (Å²) in [5.41, 5.74) is 7.03. The van der Waals surface area contributed by atoms with Crippen LogP contribution in [0.5, 0.6) is 11.5 Å². The maximum atomic E-state index is 13.4. The summed E-state index contributed by atoms with van der Waals surface area (Å²) in [7, 11) is 6.74. The lowest BCUT2D eigenvalue weighted by Gasteiger charge is -2.38. The van der Waals surface area contributed by atoms with E-state index in [9.17, 15) is 24.0 Å². The minimum atomic E-state index is -0.601. The summed E-state index contributed by atoms with van der Waals surface area (Å²) in [6, 6.07) is 9.40. The number of piperidine rings is 2. The van der Waals surface area contributed by atoms with Crippen molar-refractivity contribution in [3.8, 4) is 22.6 Å². The minimum absolute atomic E-state index is 0.0897. The number of methoxy groups -OCH3 is 2. The molecule has 2 aromatic carbocycles. The molecule has 15 heteroatoms. The number of likely N-dealkylation sites (tertiary alicyclic amines) is 1. The van der Waals surface area contributed by atoms with Gasteiger partial charge < -0.3 is 34.1 Å². The van der Waals surface area contributed by atoms with Crippen LogP contribution in [0.2, 0.25) is 0 Å². The first-order chi connectivity index (χ1) is 28.5.